The minimum absolute atomic E-state index is 0.307. The van der Waals surface area contributed by atoms with Gasteiger partial charge in [-0.2, -0.15) is 5.10 Å². The van der Waals surface area contributed by atoms with Crippen molar-refractivity contribution in [1.29, 1.82) is 0 Å². The Labute approximate surface area is 232 Å². The fourth-order valence-corrected chi connectivity index (χ4v) is 6.09. The number of thiophene rings is 1. The molecule has 0 aliphatic carbocycles. The number of sulfone groups is 1. The summed E-state index contributed by atoms with van der Waals surface area (Å²) in [5.74, 6) is 0. The predicted molar refractivity (Wildman–Crippen MR) is 155 cm³/mol. The number of likely N-dealkylation sites (N-methyl/N-ethyl adjacent to an activating group) is 1. The third-order valence-corrected chi connectivity index (χ3v) is 8.74. The van der Waals surface area contributed by atoms with Crippen molar-refractivity contribution in [2.75, 3.05) is 19.8 Å². The van der Waals surface area contributed by atoms with E-state index in [1.54, 1.807) is 29.5 Å². The van der Waals surface area contributed by atoms with Crippen LogP contribution in [0.25, 0.3) is 26.7 Å². The molecule has 2 aromatic carbocycles. The number of rotatable bonds is 9. The molecular formula is C29H27ClN4O2S2. The Bertz CT molecular complexity index is 1660. The summed E-state index contributed by atoms with van der Waals surface area (Å²) in [6, 6.07) is 26.8. The Morgan fingerprint density at radius 2 is 1.71 bits per heavy atom. The van der Waals surface area contributed by atoms with E-state index in [0.717, 1.165) is 51.1 Å². The average Bonchev–Trinajstić information content (AvgIpc) is 3.56. The van der Waals surface area contributed by atoms with E-state index in [1.807, 2.05) is 71.5 Å². The lowest BCUT2D eigenvalue weighted by Crippen LogP contribution is -2.21. The van der Waals surface area contributed by atoms with Gasteiger partial charge in [-0.05, 0) is 67.2 Å². The predicted octanol–water partition coefficient (Wildman–Crippen LogP) is 6.39. The Kier molecular flexibility index (Phi) is 7.76. The molecule has 194 valence electrons. The minimum Gasteiger partial charge on any atom is -0.300 e. The zero-order valence-electron chi connectivity index (χ0n) is 21.1. The van der Waals surface area contributed by atoms with Crippen LogP contribution in [-0.2, 0) is 22.8 Å². The maximum absolute atomic E-state index is 12.1. The van der Waals surface area contributed by atoms with Crippen LogP contribution in [0.5, 0.6) is 0 Å². The molecule has 0 unspecified atom stereocenters. The van der Waals surface area contributed by atoms with Gasteiger partial charge < -0.3 is 4.90 Å². The number of para-hydroxylation sites is 1. The molecule has 0 amide bonds. The van der Waals surface area contributed by atoms with Crippen molar-refractivity contribution in [2.24, 2.45) is 0 Å². The molecule has 0 saturated carbocycles. The van der Waals surface area contributed by atoms with Crippen molar-refractivity contribution >= 4 is 32.8 Å². The second kappa shape index (κ2) is 11.2. The van der Waals surface area contributed by atoms with E-state index in [0.29, 0.717) is 16.5 Å². The molecule has 0 atom stereocenters. The van der Waals surface area contributed by atoms with Crippen LogP contribution in [0.2, 0.25) is 5.02 Å². The second-order valence-electron chi connectivity index (χ2n) is 9.16. The first-order chi connectivity index (χ1) is 18.3. The van der Waals surface area contributed by atoms with Crippen LogP contribution in [0.4, 0.5) is 0 Å². The van der Waals surface area contributed by atoms with Gasteiger partial charge in [-0.3, -0.25) is 4.98 Å². The number of halogens is 1. The molecule has 3 aromatic heterocycles. The summed E-state index contributed by atoms with van der Waals surface area (Å²) >= 11 is 8.17. The van der Waals surface area contributed by atoms with Crippen LogP contribution in [0, 0.1) is 0 Å². The summed E-state index contributed by atoms with van der Waals surface area (Å²) in [4.78, 5) is 8.95. The molecule has 0 spiro atoms. The average molecular weight is 563 g/mol. The van der Waals surface area contributed by atoms with Gasteiger partial charge in [0.05, 0.1) is 31.9 Å². The highest BCUT2D eigenvalue weighted by Crippen LogP contribution is 2.37. The van der Waals surface area contributed by atoms with E-state index >= 15 is 0 Å². The molecule has 0 fully saturated rings. The van der Waals surface area contributed by atoms with E-state index in [9.17, 15) is 8.42 Å². The van der Waals surface area contributed by atoms with Crippen molar-refractivity contribution in [3.05, 3.63) is 108 Å². The third kappa shape index (κ3) is 6.05. The number of nitrogens with zero attached hydrogens (tertiary/aromatic N) is 4. The van der Waals surface area contributed by atoms with Crippen molar-refractivity contribution in [2.45, 2.75) is 17.9 Å². The van der Waals surface area contributed by atoms with Gasteiger partial charge in [-0.15, -0.1) is 11.3 Å². The highest BCUT2D eigenvalue weighted by molar-refractivity contribution is 7.90. The quantitative estimate of drug-likeness (QED) is 0.208. The molecule has 3 heterocycles. The summed E-state index contributed by atoms with van der Waals surface area (Å²) in [6.45, 7) is 1.52. The van der Waals surface area contributed by atoms with E-state index in [1.165, 1.54) is 6.26 Å². The van der Waals surface area contributed by atoms with E-state index in [2.05, 4.69) is 23.0 Å². The second-order valence-corrected chi connectivity index (χ2v) is 12.7. The lowest BCUT2D eigenvalue weighted by atomic mass is 10.2. The molecule has 5 aromatic rings. The molecule has 0 bridgehead atoms. The van der Waals surface area contributed by atoms with Crippen LogP contribution in [-0.4, -0.2) is 47.9 Å². The number of benzene rings is 2. The molecule has 0 aliphatic heterocycles. The number of aromatic nitrogens is 3. The van der Waals surface area contributed by atoms with E-state index < -0.39 is 9.84 Å². The first kappa shape index (κ1) is 26.3. The third-order valence-electron chi connectivity index (χ3n) is 6.15. The molecular weight excluding hydrogens is 536 g/mol. The zero-order valence-corrected chi connectivity index (χ0v) is 23.5. The van der Waals surface area contributed by atoms with Gasteiger partial charge >= 0.3 is 0 Å². The molecule has 6 nitrogen and oxygen atoms in total. The van der Waals surface area contributed by atoms with Gasteiger partial charge in [0.15, 0.2) is 9.84 Å². The van der Waals surface area contributed by atoms with Gasteiger partial charge in [0, 0.05) is 42.5 Å². The monoisotopic (exact) mass is 562 g/mol. The summed E-state index contributed by atoms with van der Waals surface area (Å²) in [6.07, 6.45) is 3.90. The van der Waals surface area contributed by atoms with Crippen LogP contribution in [0.1, 0.15) is 11.4 Å². The highest BCUT2D eigenvalue weighted by Gasteiger charge is 2.18. The van der Waals surface area contributed by atoms with Crippen molar-refractivity contribution < 1.29 is 8.42 Å². The number of pyridine rings is 1. The van der Waals surface area contributed by atoms with Crippen molar-refractivity contribution in [3.8, 4) is 26.7 Å². The molecule has 0 saturated heterocycles. The fraction of sp³-hybridized carbons (Fsp3) is 0.172. The lowest BCUT2D eigenvalue weighted by molar-refractivity contribution is 0.325. The smallest absolute Gasteiger partial charge is 0.175 e. The van der Waals surface area contributed by atoms with Gasteiger partial charge in [0.25, 0.3) is 0 Å². The lowest BCUT2D eigenvalue weighted by Gasteiger charge is -2.14. The maximum atomic E-state index is 12.1. The molecule has 38 heavy (non-hydrogen) atoms. The molecule has 9 heteroatoms. The van der Waals surface area contributed by atoms with Gasteiger partial charge in [0.1, 0.15) is 0 Å². The highest BCUT2D eigenvalue weighted by atomic mass is 35.5. The zero-order chi connectivity index (χ0) is 26.7. The first-order valence-electron chi connectivity index (χ1n) is 12.1. The van der Waals surface area contributed by atoms with Crippen LogP contribution in [0.15, 0.2) is 96.0 Å². The normalized spacial score (nSPS) is 11.8. The van der Waals surface area contributed by atoms with Gasteiger partial charge in [-0.25, -0.2) is 13.1 Å². The Hall–Kier alpha value is -3.30. The van der Waals surface area contributed by atoms with Gasteiger partial charge in [-0.1, -0.05) is 41.9 Å². The van der Waals surface area contributed by atoms with Crippen molar-refractivity contribution in [1.82, 2.24) is 19.7 Å². The van der Waals surface area contributed by atoms with Crippen molar-refractivity contribution in [3.63, 3.8) is 0 Å². The maximum Gasteiger partial charge on any atom is 0.175 e. The van der Waals surface area contributed by atoms with Crippen LogP contribution < -0.4 is 0 Å². The number of hydrogen-bond acceptors (Lipinski definition) is 6. The van der Waals surface area contributed by atoms with Crippen LogP contribution in [0.3, 0.4) is 0 Å². The topological polar surface area (TPSA) is 68.1 Å². The molecule has 0 aliphatic rings. The van der Waals surface area contributed by atoms with Gasteiger partial charge in [0.2, 0.25) is 0 Å². The largest absolute Gasteiger partial charge is 0.300 e. The number of hydrogen-bond donors (Lipinski definition) is 0. The fourth-order valence-electron chi connectivity index (χ4n) is 4.21. The summed E-state index contributed by atoms with van der Waals surface area (Å²) in [5, 5.41) is 5.56. The summed E-state index contributed by atoms with van der Waals surface area (Å²) in [5.41, 5.74) is 4.59. The van der Waals surface area contributed by atoms with Crippen LogP contribution >= 0.6 is 22.9 Å². The molecule has 0 N–H and O–H groups in total. The minimum atomic E-state index is -3.29. The molecule has 5 rings (SSSR count). The first-order valence-corrected chi connectivity index (χ1v) is 15.2. The Balaban J connectivity index is 1.46. The summed E-state index contributed by atoms with van der Waals surface area (Å²) in [7, 11) is -1.21. The van der Waals surface area contributed by atoms with E-state index in [4.69, 9.17) is 16.7 Å². The summed E-state index contributed by atoms with van der Waals surface area (Å²) < 4.78 is 26.0. The molecule has 0 radical (unpaired) electrons. The SMILES string of the molecule is CN(CCc1ccccn1)Cc1cc(-c2ccc(-c3cccc(S(C)(=O)=O)c3)s2)n(-c2ccccc2Cl)n1. The standard InChI is InChI=1S/C29H27ClN4O2S2/c1-33(17-15-22-9-5-6-16-31-22)20-23-19-27(34(32-23)26-12-4-3-11-25(26)30)29-14-13-28(37-29)21-8-7-10-24(18-21)38(2,35)36/h3-14,16,18-19H,15,17,20H2,1-2H3. The Morgan fingerprint density at radius 3 is 2.47 bits per heavy atom. The van der Waals surface area contributed by atoms with E-state index in [-0.39, 0.29) is 0 Å². The Morgan fingerprint density at radius 1 is 0.921 bits per heavy atom.